The lowest BCUT2D eigenvalue weighted by Crippen LogP contribution is -2.18. The SMILES string of the molecule is Nc1[nH]ncc1N1CCCC1. The monoisotopic (exact) mass is 152 g/mol. The molecular weight excluding hydrogens is 140 g/mol. The van der Waals surface area contributed by atoms with Gasteiger partial charge < -0.3 is 10.6 Å². The second kappa shape index (κ2) is 2.45. The predicted octanol–water partition coefficient (Wildman–Crippen LogP) is 0.592. The van der Waals surface area contributed by atoms with Gasteiger partial charge in [0, 0.05) is 13.1 Å². The summed E-state index contributed by atoms with van der Waals surface area (Å²) in [5.74, 6) is 0.687. The Morgan fingerprint density at radius 3 is 2.73 bits per heavy atom. The normalized spacial score (nSPS) is 17.6. The van der Waals surface area contributed by atoms with Crippen LogP contribution in [-0.2, 0) is 0 Å². The van der Waals surface area contributed by atoms with Crippen molar-refractivity contribution in [2.24, 2.45) is 0 Å². The van der Waals surface area contributed by atoms with Gasteiger partial charge in [-0.15, -0.1) is 0 Å². The third-order valence-electron chi connectivity index (χ3n) is 2.09. The highest BCUT2D eigenvalue weighted by Crippen LogP contribution is 2.23. The maximum atomic E-state index is 5.66. The van der Waals surface area contributed by atoms with E-state index >= 15 is 0 Å². The molecule has 60 valence electrons. The summed E-state index contributed by atoms with van der Waals surface area (Å²) < 4.78 is 0. The molecule has 0 amide bonds. The number of H-pyrrole nitrogens is 1. The Morgan fingerprint density at radius 1 is 1.45 bits per heavy atom. The number of aromatic amines is 1. The number of anilines is 2. The quantitative estimate of drug-likeness (QED) is 0.619. The van der Waals surface area contributed by atoms with Gasteiger partial charge in [-0.25, -0.2) is 0 Å². The summed E-state index contributed by atoms with van der Waals surface area (Å²) in [5.41, 5.74) is 6.72. The Labute approximate surface area is 65.4 Å². The smallest absolute Gasteiger partial charge is 0.142 e. The minimum atomic E-state index is 0.687. The minimum Gasteiger partial charge on any atom is -0.382 e. The van der Waals surface area contributed by atoms with E-state index in [1.54, 1.807) is 6.20 Å². The van der Waals surface area contributed by atoms with E-state index in [9.17, 15) is 0 Å². The molecule has 0 atom stereocenters. The average Bonchev–Trinajstić information content (AvgIpc) is 2.55. The first-order chi connectivity index (χ1) is 5.38. The topological polar surface area (TPSA) is 57.9 Å². The number of nitrogens with one attached hydrogen (secondary N) is 1. The van der Waals surface area contributed by atoms with E-state index in [4.69, 9.17) is 5.73 Å². The van der Waals surface area contributed by atoms with Crippen molar-refractivity contribution < 1.29 is 0 Å². The molecule has 0 spiro atoms. The van der Waals surface area contributed by atoms with Crippen LogP contribution in [0.25, 0.3) is 0 Å². The molecule has 4 nitrogen and oxygen atoms in total. The molecular formula is C7H12N4. The number of nitrogen functional groups attached to an aromatic ring is 1. The molecule has 1 aliphatic heterocycles. The van der Waals surface area contributed by atoms with Gasteiger partial charge in [0.15, 0.2) is 0 Å². The molecule has 3 N–H and O–H groups in total. The predicted molar refractivity (Wildman–Crippen MR) is 44.4 cm³/mol. The largest absolute Gasteiger partial charge is 0.382 e. The maximum Gasteiger partial charge on any atom is 0.142 e. The average molecular weight is 152 g/mol. The highest BCUT2D eigenvalue weighted by atomic mass is 15.2. The molecule has 0 saturated carbocycles. The number of aromatic nitrogens is 2. The lowest BCUT2D eigenvalue weighted by atomic mass is 10.4. The van der Waals surface area contributed by atoms with Gasteiger partial charge in [-0.2, -0.15) is 5.10 Å². The second-order valence-corrected chi connectivity index (χ2v) is 2.86. The molecule has 1 aromatic rings. The Balaban J connectivity index is 2.21. The zero-order valence-corrected chi connectivity index (χ0v) is 6.38. The fourth-order valence-corrected chi connectivity index (χ4v) is 1.50. The standard InChI is InChI=1S/C7H12N4/c8-7-6(5-9-10-7)11-3-1-2-4-11/h5H,1-4H2,(H3,8,9,10). The number of nitrogens with zero attached hydrogens (tertiary/aromatic N) is 2. The Kier molecular flexibility index (Phi) is 1.45. The molecule has 0 radical (unpaired) electrons. The van der Waals surface area contributed by atoms with Gasteiger partial charge in [-0.3, -0.25) is 5.10 Å². The molecule has 0 unspecified atom stereocenters. The maximum absolute atomic E-state index is 5.66. The van der Waals surface area contributed by atoms with Gasteiger partial charge in [0.2, 0.25) is 0 Å². The van der Waals surface area contributed by atoms with Crippen LogP contribution >= 0.6 is 0 Å². The van der Waals surface area contributed by atoms with Crippen molar-refractivity contribution in [3.05, 3.63) is 6.20 Å². The fraction of sp³-hybridized carbons (Fsp3) is 0.571. The molecule has 4 heteroatoms. The third kappa shape index (κ3) is 1.04. The summed E-state index contributed by atoms with van der Waals surface area (Å²) in [6.45, 7) is 2.23. The fourth-order valence-electron chi connectivity index (χ4n) is 1.50. The lowest BCUT2D eigenvalue weighted by Gasteiger charge is -2.14. The number of hydrogen-bond donors (Lipinski definition) is 2. The summed E-state index contributed by atoms with van der Waals surface area (Å²) in [5, 5.41) is 6.61. The van der Waals surface area contributed by atoms with E-state index in [1.807, 2.05) is 0 Å². The summed E-state index contributed by atoms with van der Waals surface area (Å²) >= 11 is 0. The van der Waals surface area contributed by atoms with E-state index in [0.29, 0.717) is 5.82 Å². The first-order valence-electron chi connectivity index (χ1n) is 3.92. The molecule has 0 bridgehead atoms. The van der Waals surface area contributed by atoms with Crippen LogP contribution in [0.5, 0.6) is 0 Å². The van der Waals surface area contributed by atoms with Crippen LogP contribution in [0.3, 0.4) is 0 Å². The summed E-state index contributed by atoms with van der Waals surface area (Å²) in [6, 6.07) is 0. The van der Waals surface area contributed by atoms with Crippen molar-refractivity contribution >= 4 is 11.5 Å². The first kappa shape index (κ1) is 6.52. The Hall–Kier alpha value is -1.19. The van der Waals surface area contributed by atoms with Gasteiger partial charge in [0.25, 0.3) is 0 Å². The van der Waals surface area contributed by atoms with Gasteiger partial charge in [-0.1, -0.05) is 0 Å². The third-order valence-corrected chi connectivity index (χ3v) is 2.09. The number of rotatable bonds is 1. The summed E-state index contributed by atoms with van der Waals surface area (Å²) in [4.78, 5) is 2.26. The minimum absolute atomic E-state index is 0.687. The van der Waals surface area contributed by atoms with Crippen LogP contribution in [0.15, 0.2) is 6.20 Å². The van der Waals surface area contributed by atoms with Crippen molar-refractivity contribution in [1.29, 1.82) is 0 Å². The highest BCUT2D eigenvalue weighted by Gasteiger charge is 2.15. The molecule has 1 aromatic heterocycles. The van der Waals surface area contributed by atoms with E-state index in [1.165, 1.54) is 12.8 Å². The Bertz CT molecular complexity index is 236. The molecule has 0 aromatic carbocycles. The van der Waals surface area contributed by atoms with Crippen molar-refractivity contribution in [1.82, 2.24) is 10.2 Å². The van der Waals surface area contributed by atoms with Gasteiger partial charge in [0.05, 0.1) is 11.9 Å². The van der Waals surface area contributed by atoms with Crippen molar-refractivity contribution in [2.75, 3.05) is 23.7 Å². The van der Waals surface area contributed by atoms with E-state index in [-0.39, 0.29) is 0 Å². The zero-order chi connectivity index (χ0) is 7.68. The van der Waals surface area contributed by atoms with Crippen LogP contribution in [0.2, 0.25) is 0 Å². The molecule has 2 rings (SSSR count). The van der Waals surface area contributed by atoms with E-state index in [0.717, 1.165) is 18.8 Å². The van der Waals surface area contributed by atoms with Crippen LogP contribution < -0.4 is 10.6 Å². The van der Waals surface area contributed by atoms with Crippen molar-refractivity contribution in [2.45, 2.75) is 12.8 Å². The molecule has 2 heterocycles. The zero-order valence-electron chi connectivity index (χ0n) is 6.38. The van der Waals surface area contributed by atoms with Gasteiger partial charge >= 0.3 is 0 Å². The molecule has 11 heavy (non-hydrogen) atoms. The number of nitrogens with two attached hydrogens (primary N) is 1. The molecule has 1 saturated heterocycles. The number of hydrogen-bond acceptors (Lipinski definition) is 3. The summed E-state index contributed by atoms with van der Waals surface area (Å²) in [7, 11) is 0. The van der Waals surface area contributed by atoms with Crippen LogP contribution in [0, 0.1) is 0 Å². The van der Waals surface area contributed by atoms with Gasteiger partial charge in [-0.05, 0) is 12.8 Å². The van der Waals surface area contributed by atoms with Crippen LogP contribution in [0.1, 0.15) is 12.8 Å². The Morgan fingerprint density at radius 2 is 2.18 bits per heavy atom. The van der Waals surface area contributed by atoms with Crippen molar-refractivity contribution in [3.8, 4) is 0 Å². The van der Waals surface area contributed by atoms with Crippen molar-refractivity contribution in [3.63, 3.8) is 0 Å². The molecule has 1 fully saturated rings. The first-order valence-corrected chi connectivity index (χ1v) is 3.92. The second-order valence-electron chi connectivity index (χ2n) is 2.86. The van der Waals surface area contributed by atoms with Crippen LogP contribution in [0.4, 0.5) is 11.5 Å². The van der Waals surface area contributed by atoms with Gasteiger partial charge in [0.1, 0.15) is 5.82 Å². The van der Waals surface area contributed by atoms with E-state index < -0.39 is 0 Å². The molecule has 0 aliphatic carbocycles. The van der Waals surface area contributed by atoms with Crippen LogP contribution in [-0.4, -0.2) is 23.3 Å². The lowest BCUT2D eigenvalue weighted by molar-refractivity contribution is 0.949. The highest BCUT2D eigenvalue weighted by molar-refractivity contribution is 5.62. The van der Waals surface area contributed by atoms with E-state index in [2.05, 4.69) is 15.1 Å². The molecule has 1 aliphatic rings. The summed E-state index contributed by atoms with van der Waals surface area (Å²) in [6.07, 6.45) is 4.33.